The maximum Gasteiger partial charge on any atom is 0.323 e. The first-order valence-electron chi connectivity index (χ1n) is 7.03. The Bertz CT molecular complexity index is 1020. The van der Waals surface area contributed by atoms with Gasteiger partial charge in [-0.05, 0) is 19.1 Å². The summed E-state index contributed by atoms with van der Waals surface area (Å²) in [6.45, 7) is 1.48. The lowest BCUT2D eigenvalue weighted by molar-refractivity contribution is -0.137. The van der Waals surface area contributed by atoms with Crippen LogP contribution < -0.4 is 4.87 Å². The molecule has 0 unspecified atom stereocenters. The van der Waals surface area contributed by atoms with Crippen molar-refractivity contribution in [2.24, 2.45) is 0 Å². The molecular formula is C17H12ClNO4S. The number of carboxylic acid groups (broad SMARTS) is 1. The van der Waals surface area contributed by atoms with Gasteiger partial charge in [0, 0.05) is 11.1 Å². The Balaban J connectivity index is 2.12. The molecule has 1 N–H and O–H groups in total. The van der Waals surface area contributed by atoms with Crippen LogP contribution in [0.1, 0.15) is 21.5 Å². The number of fused-ring (bicyclic) bond motifs is 1. The van der Waals surface area contributed by atoms with E-state index >= 15 is 0 Å². The maximum absolute atomic E-state index is 12.6. The third-order valence-electron chi connectivity index (χ3n) is 3.61. The van der Waals surface area contributed by atoms with E-state index in [-0.39, 0.29) is 16.4 Å². The van der Waals surface area contributed by atoms with Crippen molar-refractivity contribution in [3.8, 4) is 0 Å². The van der Waals surface area contributed by atoms with Crippen molar-refractivity contribution in [3.63, 3.8) is 0 Å². The first kappa shape index (κ1) is 16.4. The number of carbonyl (C=O) groups is 2. The topological polar surface area (TPSA) is 76.4 Å². The molecule has 2 aromatic carbocycles. The molecule has 3 aromatic rings. The van der Waals surface area contributed by atoms with Crippen molar-refractivity contribution in [2.45, 2.75) is 13.5 Å². The highest BCUT2D eigenvalue weighted by Crippen LogP contribution is 2.28. The Hall–Kier alpha value is -2.44. The second-order valence-corrected chi connectivity index (χ2v) is 6.74. The minimum absolute atomic E-state index is 0.185. The van der Waals surface area contributed by atoms with Gasteiger partial charge in [0.1, 0.15) is 6.54 Å². The molecular weight excluding hydrogens is 350 g/mol. The predicted molar refractivity (Wildman–Crippen MR) is 93.3 cm³/mol. The molecule has 0 fully saturated rings. The van der Waals surface area contributed by atoms with E-state index in [9.17, 15) is 14.4 Å². The number of ketones is 1. The Morgan fingerprint density at radius 1 is 1.21 bits per heavy atom. The third-order valence-corrected chi connectivity index (χ3v) is 4.86. The molecule has 3 rings (SSSR count). The molecule has 7 heteroatoms. The molecule has 5 nitrogen and oxygen atoms in total. The zero-order valence-corrected chi connectivity index (χ0v) is 14.1. The van der Waals surface area contributed by atoms with Gasteiger partial charge in [-0.25, -0.2) is 0 Å². The summed E-state index contributed by atoms with van der Waals surface area (Å²) in [5, 5.41) is 9.10. The van der Waals surface area contributed by atoms with E-state index in [1.807, 2.05) is 19.1 Å². The van der Waals surface area contributed by atoms with Crippen LogP contribution in [0.15, 0.2) is 41.2 Å². The van der Waals surface area contributed by atoms with Crippen molar-refractivity contribution < 1.29 is 14.7 Å². The number of hydrogen-bond acceptors (Lipinski definition) is 4. The van der Waals surface area contributed by atoms with Gasteiger partial charge in [0.25, 0.3) is 0 Å². The molecule has 1 heterocycles. The van der Waals surface area contributed by atoms with E-state index in [4.69, 9.17) is 16.7 Å². The minimum atomic E-state index is -1.12. The van der Waals surface area contributed by atoms with Crippen molar-refractivity contribution in [3.05, 3.63) is 67.8 Å². The van der Waals surface area contributed by atoms with Gasteiger partial charge in [0.2, 0.25) is 0 Å². The number of thiazole rings is 1. The van der Waals surface area contributed by atoms with Crippen LogP contribution in [0.3, 0.4) is 0 Å². The van der Waals surface area contributed by atoms with Gasteiger partial charge in [-0.2, -0.15) is 0 Å². The van der Waals surface area contributed by atoms with E-state index in [1.165, 1.54) is 6.07 Å². The number of carbonyl (C=O) groups excluding carboxylic acids is 1. The highest BCUT2D eigenvalue weighted by Gasteiger charge is 2.18. The van der Waals surface area contributed by atoms with E-state index in [0.29, 0.717) is 15.8 Å². The third kappa shape index (κ3) is 2.98. The standard InChI is InChI=1S/C17H12ClNO4S/c1-9-2-4-10(5-3-9)16(22)11-6-14-13(7-12(11)18)19(8-15(20)21)17(23)24-14/h2-7H,8H2,1H3,(H,20,21). The minimum Gasteiger partial charge on any atom is -0.480 e. The van der Waals surface area contributed by atoms with Crippen LogP contribution in [0.2, 0.25) is 5.02 Å². The summed E-state index contributed by atoms with van der Waals surface area (Å²) in [6.07, 6.45) is 0. The van der Waals surface area contributed by atoms with Crippen molar-refractivity contribution in [2.75, 3.05) is 0 Å². The van der Waals surface area contributed by atoms with E-state index in [0.717, 1.165) is 21.5 Å². The largest absolute Gasteiger partial charge is 0.480 e. The van der Waals surface area contributed by atoms with Gasteiger partial charge in [-0.15, -0.1) is 0 Å². The number of rotatable bonds is 4. The van der Waals surface area contributed by atoms with Gasteiger partial charge >= 0.3 is 10.8 Å². The Kier molecular flexibility index (Phi) is 4.26. The number of aromatic nitrogens is 1. The lowest BCUT2D eigenvalue weighted by Crippen LogP contribution is -2.18. The normalized spacial score (nSPS) is 10.9. The zero-order chi connectivity index (χ0) is 17.4. The van der Waals surface area contributed by atoms with Crippen LogP contribution >= 0.6 is 22.9 Å². The first-order valence-corrected chi connectivity index (χ1v) is 8.22. The fraction of sp³-hybridized carbons (Fsp3) is 0.118. The summed E-state index contributed by atoms with van der Waals surface area (Å²) in [7, 11) is 0. The number of hydrogen-bond donors (Lipinski definition) is 1. The number of carboxylic acids is 1. The summed E-state index contributed by atoms with van der Waals surface area (Å²) in [4.78, 5) is 35.1. The van der Waals surface area contributed by atoms with Crippen LogP contribution in [-0.2, 0) is 11.3 Å². The van der Waals surface area contributed by atoms with Gasteiger partial charge < -0.3 is 5.11 Å². The molecule has 1 aromatic heterocycles. The Morgan fingerprint density at radius 2 is 1.88 bits per heavy atom. The second-order valence-electron chi connectivity index (χ2n) is 5.34. The second kappa shape index (κ2) is 6.22. The number of nitrogens with zero attached hydrogens (tertiary/aromatic N) is 1. The molecule has 0 spiro atoms. The number of halogens is 1. The summed E-state index contributed by atoms with van der Waals surface area (Å²) in [6, 6.07) is 10.1. The first-order chi connectivity index (χ1) is 11.4. The van der Waals surface area contributed by atoms with Crippen molar-refractivity contribution in [1.29, 1.82) is 0 Å². The highest BCUT2D eigenvalue weighted by molar-refractivity contribution is 7.16. The molecule has 0 aliphatic rings. The molecule has 0 bridgehead atoms. The highest BCUT2D eigenvalue weighted by atomic mass is 35.5. The average molecular weight is 362 g/mol. The predicted octanol–water partition coefficient (Wildman–Crippen LogP) is 3.34. The summed E-state index contributed by atoms with van der Waals surface area (Å²) in [5.41, 5.74) is 2.24. The van der Waals surface area contributed by atoms with Crippen molar-refractivity contribution >= 4 is 44.9 Å². The maximum atomic E-state index is 12.6. The summed E-state index contributed by atoms with van der Waals surface area (Å²) in [5.74, 6) is -1.36. The van der Waals surface area contributed by atoms with Crippen LogP contribution in [0.5, 0.6) is 0 Å². The van der Waals surface area contributed by atoms with E-state index in [2.05, 4.69) is 0 Å². The van der Waals surface area contributed by atoms with Crippen LogP contribution in [0.4, 0.5) is 0 Å². The van der Waals surface area contributed by atoms with Crippen molar-refractivity contribution in [1.82, 2.24) is 4.57 Å². The number of aryl methyl sites for hydroxylation is 1. The van der Waals surface area contributed by atoms with Gasteiger partial charge in [0.05, 0.1) is 15.2 Å². The van der Waals surface area contributed by atoms with Gasteiger partial charge in [-0.1, -0.05) is 52.8 Å². The number of benzene rings is 2. The Labute approximate surface area is 145 Å². The molecule has 0 saturated carbocycles. The molecule has 0 radical (unpaired) electrons. The van der Waals surface area contributed by atoms with Crippen LogP contribution in [-0.4, -0.2) is 21.4 Å². The summed E-state index contributed by atoms with van der Waals surface area (Å²) >= 11 is 7.11. The number of aliphatic carboxylic acids is 1. The molecule has 24 heavy (non-hydrogen) atoms. The van der Waals surface area contributed by atoms with E-state index in [1.54, 1.807) is 18.2 Å². The molecule has 0 saturated heterocycles. The SMILES string of the molecule is Cc1ccc(C(=O)c2cc3sc(=O)n(CC(=O)O)c3cc2Cl)cc1. The van der Waals surface area contributed by atoms with Crippen LogP contribution in [0, 0.1) is 6.92 Å². The average Bonchev–Trinajstić information content (AvgIpc) is 2.81. The summed E-state index contributed by atoms with van der Waals surface area (Å²) < 4.78 is 1.66. The molecule has 0 amide bonds. The molecule has 122 valence electrons. The van der Waals surface area contributed by atoms with E-state index < -0.39 is 17.4 Å². The smallest absolute Gasteiger partial charge is 0.323 e. The lowest BCUT2D eigenvalue weighted by Gasteiger charge is -2.06. The van der Waals surface area contributed by atoms with Crippen LogP contribution in [0.25, 0.3) is 10.2 Å². The Morgan fingerprint density at radius 3 is 2.50 bits per heavy atom. The molecule has 0 atom stereocenters. The fourth-order valence-corrected chi connectivity index (χ4v) is 3.56. The fourth-order valence-electron chi connectivity index (χ4n) is 2.40. The lowest BCUT2D eigenvalue weighted by atomic mass is 10.0. The zero-order valence-electron chi connectivity index (χ0n) is 12.6. The molecule has 0 aliphatic heterocycles. The van der Waals surface area contributed by atoms with Gasteiger partial charge in [0.15, 0.2) is 5.78 Å². The quantitative estimate of drug-likeness (QED) is 0.723. The monoisotopic (exact) mass is 361 g/mol. The molecule has 0 aliphatic carbocycles. The van der Waals surface area contributed by atoms with Gasteiger partial charge in [-0.3, -0.25) is 19.0 Å².